The van der Waals surface area contributed by atoms with E-state index in [0.29, 0.717) is 0 Å². The highest BCUT2D eigenvalue weighted by molar-refractivity contribution is 5.21. The molecule has 0 saturated heterocycles. The van der Waals surface area contributed by atoms with Crippen molar-refractivity contribution in [3.8, 4) is 0 Å². The maximum absolute atomic E-state index is 13.0. The molecule has 1 aromatic carbocycles. The summed E-state index contributed by atoms with van der Waals surface area (Å²) >= 11 is 0. The minimum absolute atomic E-state index is 0.0442. The van der Waals surface area contributed by atoms with Crippen molar-refractivity contribution in [2.24, 2.45) is 5.73 Å². The predicted octanol–water partition coefficient (Wildman–Crippen LogP) is 2.32. The van der Waals surface area contributed by atoms with Gasteiger partial charge in [0.15, 0.2) is 0 Å². The van der Waals surface area contributed by atoms with Crippen LogP contribution in [0.3, 0.4) is 0 Å². The van der Waals surface area contributed by atoms with Gasteiger partial charge in [0.05, 0.1) is 6.67 Å². The lowest BCUT2D eigenvalue weighted by Gasteiger charge is -2.10. The zero-order valence-corrected chi connectivity index (χ0v) is 6.93. The van der Waals surface area contributed by atoms with Gasteiger partial charge in [0, 0.05) is 17.7 Å². The molecule has 0 spiro atoms. The molecule has 1 atom stereocenters. The van der Waals surface area contributed by atoms with E-state index in [0.717, 1.165) is 12.1 Å². The first-order chi connectivity index (χ1) is 6.15. The highest BCUT2D eigenvalue weighted by atomic mass is 19.1. The van der Waals surface area contributed by atoms with E-state index in [-0.39, 0.29) is 12.0 Å². The minimum atomic E-state index is -0.721. The lowest BCUT2D eigenvalue weighted by molar-refractivity contribution is 0.434. The van der Waals surface area contributed by atoms with Gasteiger partial charge in [-0.1, -0.05) is 6.07 Å². The lowest BCUT2D eigenvalue weighted by atomic mass is 10.0. The van der Waals surface area contributed by atoms with Gasteiger partial charge in [0.2, 0.25) is 0 Å². The molecule has 0 aromatic heterocycles. The summed E-state index contributed by atoms with van der Waals surface area (Å²) in [5.74, 6) is -1.38. The van der Waals surface area contributed by atoms with E-state index < -0.39 is 24.4 Å². The van der Waals surface area contributed by atoms with E-state index >= 15 is 0 Å². The summed E-state index contributed by atoms with van der Waals surface area (Å²) in [6.45, 7) is -0.613. The Balaban J connectivity index is 2.88. The SMILES string of the molecule is N[C@H](CCF)c1ccc(F)cc1F. The molecule has 0 fully saturated rings. The molecule has 1 aromatic rings. The molecule has 0 aliphatic rings. The summed E-state index contributed by atoms with van der Waals surface area (Å²) in [4.78, 5) is 0. The molecular weight excluding hydrogens is 179 g/mol. The van der Waals surface area contributed by atoms with Crippen LogP contribution in [0.2, 0.25) is 0 Å². The highest BCUT2D eigenvalue weighted by Gasteiger charge is 2.11. The van der Waals surface area contributed by atoms with Crippen molar-refractivity contribution in [2.45, 2.75) is 12.5 Å². The number of hydrogen-bond donors (Lipinski definition) is 1. The van der Waals surface area contributed by atoms with Crippen LogP contribution in [-0.2, 0) is 0 Å². The van der Waals surface area contributed by atoms with Crippen LogP contribution in [0.1, 0.15) is 18.0 Å². The second kappa shape index (κ2) is 4.28. The standard InChI is InChI=1S/C9H10F3N/c10-4-3-9(13)7-2-1-6(11)5-8(7)12/h1-2,5,9H,3-4,13H2/t9-/m1/s1. The van der Waals surface area contributed by atoms with E-state index in [1.54, 1.807) is 0 Å². The summed E-state index contributed by atoms with van der Waals surface area (Å²) in [5, 5.41) is 0. The Morgan fingerprint density at radius 2 is 2.00 bits per heavy atom. The van der Waals surface area contributed by atoms with Gasteiger partial charge in [-0.25, -0.2) is 8.78 Å². The van der Waals surface area contributed by atoms with Gasteiger partial charge in [-0.3, -0.25) is 4.39 Å². The van der Waals surface area contributed by atoms with Crippen molar-refractivity contribution < 1.29 is 13.2 Å². The van der Waals surface area contributed by atoms with Crippen molar-refractivity contribution in [1.29, 1.82) is 0 Å². The number of alkyl halides is 1. The summed E-state index contributed by atoms with van der Waals surface area (Å²) in [6, 6.07) is 2.39. The molecule has 1 rings (SSSR count). The fourth-order valence-corrected chi connectivity index (χ4v) is 1.08. The van der Waals surface area contributed by atoms with Crippen molar-refractivity contribution in [2.75, 3.05) is 6.67 Å². The molecule has 72 valence electrons. The van der Waals surface area contributed by atoms with E-state index in [4.69, 9.17) is 5.73 Å². The molecule has 0 aliphatic carbocycles. The second-order valence-electron chi connectivity index (χ2n) is 2.75. The van der Waals surface area contributed by atoms with Gasteiger partial charge >= 0.3 is 0 Å². The van der Waals surface area contributed by atoms with Crippen molar-refractivity contribution in [3.05, 3.63) is 35.4 Å². The summed E-state index contributed by atoms with van der Waals surface area (Å²) < 4.78 is 37.3. The Bertz CT molecular complexity index is 288. The smallest absolute Gasteiger partial charge is 0.130 e. The normalized spacial score (nSPS) is 12.9. The van der Waals surface area contributed by atoms with Crippen molar-refractivity contribution in [1.82, 2.24) is 0 Å². The third-order valence-corrected chi connectivity index (χ3v) is 1.78. The third kappa shape index (κ3) is 2.45. The Hall–Kier alpha value is -1.03. The van der Waals surface area contributed by atoms with Crippen LogP contribution in [0.5, 0.6) is 0 Å². The number of rotatable bonds is 3. The van der Waals surface area contributed by atoms with Crippen LogP contribution < -0.4 is 5.73 Å². The Morgan fingerprint density at radius 3 is 2.54 bits per heavy atom. The van der Waals surface area contributed by atoms with Gasteiger partial charge in [-0.15, -0.1) is 0 Å². The van der Waals surface area contributed by atoms with Crippen molar-refractivity contribution in [3.63, 3.8) is 0 Å². The van der Waals surface area contributed by atoms with Crippen LogP contribution in [-0.4, -0.2) is 6.67 Å². The van der Waals surface area contributed by atoms with Gasteiger partial charge in [-0.05, 0) is 12.5 Å². The van der Waals surface area contributed by atoms with E-state index in [2.05, 4.69) is 0 Å². The average molecular weight is 189 g/mol. The fraction of sp³-hybridized carbons (Fsp3) is 0.333. The predicted molar refractivity (Wildman–Crippen MR) is 43.9 cm³/mol. The Kier molecular flexibility index (Phi) is 3.31. The molecule has 0 bridgehead atoms. The van der Waals surface area contributed by atoms with Crippen LogP contribution >= 0.6 is 0 Å². The monoisotopic (exact) mass is 189 g/mol. The molecule has 0 radical (unpaired) electrons. The molecule has 2 N–H and O–H groups in total. The quantitative estimate of drug-likeness (QED) is 0.775. The zero-order chi connectivity index (χ0) is 9.84. The highest BCUT2D eigenvalue weighted by Crippen LogP contribution is 2.18. The first kappa shape index (κ1) is 10.1. The number of nitrogens with two attached hydrogens (primary N) is 1. The number of benzene rings is 1. The molecule has 13 heavy (non-hydrogen) atoms. The molecule has 0 aliphatic heterocycles. The fourth-order valence-electron chi connectivity index (χ4n) is 1.08. The molecule has 4 heteroatoms. The van der Waals surface area contributed by atoms with E-state index in [9.17, 15) is 13.2 Å². The lowest BCUT2D eigenvalue weighted by Crippen LogP contribution is -2.12. The third-order valence-electron chi connectivity index (χ3n) is 1.78. The summed E-state index contributed by atoms with van der Waals surface area (Å²) in [5.41, 5.74) is 5.61. The summed E-state index contributed by atoms with van der Waals surface area (Å²) in [7, 11) is 0. The Morgan fingerprint density at radius 1 is 1.31 bits per heavy atom. The Labute approximate surface area is 74.4 Å². The molecule has 0 saturated carbocycles. The average Bonchev–Trinajstić information content (AvgIpc) is 2.04. The summed E-state index contributed by atoms with van der Waals surface area (Å²) in [6.07, 6.45) is 0.0442. The first-order valence-electron chi connectivity index (χ1n) is 3.91. The zero-order valence-electron chi connectivity index (χ0n) is 6.93. The van der Waals surface area contributed by atoms with Gasteiger partial charge in [0.1, 0.15) is 11.6 Å². The van der Waals surface area contributed by atoms with Crippen molar-refractivity contribution >= 4 is 0 Å². The molecule has 0 heterocycles. The topological polar surface area (TPSA) is 26.0 Å². The largest absolute Gasteiger partial charge is 0.324 e. The van der Waals surface area contributed by atoms with E-state index in [1.165, 1.54) is 6.07 Å². The van der Waals surface area contributed by atoms with Gasteiger partial charge < -0.3 is 5.73 Å². The first-order valence-corrected chi connectivity index (χ1v) is 3.91. The van der Waals surface area contributed by atoms with Crippen LogP contribution in [0, 0.1) is 11.6 Å². The van der Waals surface area contributed by atoms with Gasteiger partial charge in [-0.2, -0.15) is 0 Å². The van der Waals surface area contributed by atoms with E-state index in [1.807, 2.05) is 0 Å². The molecule has 0 amide bonds. The molecular formula is C9H10F3N. The maximum atomic E-state index is 13.0. The molecule has 1 nitrogen and oxygen atoms in total. The number of hydrogen-bond acceptors (Lipinski definition) is 1. The number of halogens is 3. The van der Waals surface area contributed by atoms with Crippen LogP contribution in [0.4, 0.5) is 13.2 Å². The van der Waals surface area contributed by atoms with Gasteiger partial charge in [0.25, 0.3) is 0 Å². The van der Waals surface area contributed by atoms with Crippen LogP contribution in [0.15, 0.2) is 18.2 Å². The second-order valence-corrected chi connectivity index (χ2v) is 2.75. The maximum Gasteiger partial charge on any atom is 0.130 e. The van der Waals surface area contributed by atoms with Crippen LogP contribution in [0.25, 0.3) is 0 Å². The minimum Gasteiger partial charge on any atom is -0.324 e. The molecule has 0 unspecified atom stereocenters.